The van der Waals surface area contributed by atoms with Gasteiger partial charge in [-0.2, -0.15) is 10.5 Å². The Bertz CT molecular complexity index is 1140. The SMILES string of the molecule is COC(=O)N(CC(=O)OC(=O)OC(=O)CN(C(=O)OC)c1ccc(C#N)cc1)c1ccc(C#N)cc1.[KH].[KH]. The summed E-state index contributed by atoms with van der Waals surface area (Å²) in [5, 5.41) is 17.8. The predicted octanol–water partition coefficient (Wildman–Crippen LogP) is 1.19. The van der Waals surface area contributed by atoms with Gasteiger partial charge in [-0.3, -0.25) is 9.80 Å². The molecule has 0 bridgehead atoms. The molecule has 2 aromatic rings. The number of anilines is 2. The third kappa shape index (κ3) is 10.9. The molecule has 188 valence electrons. The molecule has 0 saturated carbocycles. The number of rotatable bonds is 6. The maximum absolute atomic E-state index is 12.2. The monoisotopic (exact) mass is 574 g/mol. The topological polar surface area (TPSA) is 176 Å². The number of nitrogens with zero attached hydrogens (tertiary/aromatic N) is 4. The van der Waals surface area contributed by atoms with E-state index in [1.54, 1.807) is 0 Å². The van der Waals surface area contributed by atoms with Crippen LogP contribution in [0, 0.1) is 22.7 Å². The van der Waals surface area contributed by atoms with E-state index in [0.29, 0.717) is 11.1 Å². The Morgan fingerprint density at radius 1 is 0.658 bits per heavy atom. The van der Waals surface area contributed by atoms with Gasteiger partial charge in [-0.1, -0.05) is 0 Å². The summed E-state index contributed by atoms with van der Waals surface area (Å²) in [6.45, 7) is -1.58. The van der Waals surface area contributed by atoms with E-state index < -0.39 is 43.4 Å². The van der Waals surface area contributed by atoms with Crippen molar-refractivity contribution in [3.05, 3.63) is 59.7 Å². The Morgan fingerprint density at radius 2 is 0.974 bits per heavy atom. The van der Waals surface area contributed by atoms with Gasteiger partial charge in [0.25, 0.3) is 0 Å². The van der Waals surface area contributed by atoms with Crippen molar-refractivity contribution < 1.29 is 42.9 Å². The number of amides is 2. The second-order valence-corrected chi connectivity index (χ2v) is 6.63. The van der Waals surface area contributed by atoms with Gasteiger partial charge in [-0.25, -0.2) is 24.0 Å². The Kier molecular flexibility index (Phi) is 17.2. The average molecular weight is 575 g/mol. The summed E-state index contributed by atoms with van der Waals surface area (Å²) in [6.07, 6.45) is -3.62. The molecule has 0 aromatic heterocycles. The van der Waals surface area contributed by atoms with E-state index in [2.05, 4.69) is 18.9 Å². The molecule has 13 nitrogen and oxygen atoms in total. The van der Waals surface area contributed by atoms with Crippen LogP contribution in [0.5, 0.6) is 0 Å². The zero-order chi connectivity index (χ0) is 26.7. The number of carbonyl (C=O) groups is 5. The molecule has 0 atom stereocenters. The Balaban J connectivity index is 0.00000684. The third-order valence-electron chi connectivity index (χ3n) is 4.37. The first-order chi connectivity index (χ1) is 17.2. The fourth-order valence-corrected chi connectivity index (χ4v) is 2.70. The minimum atomic E-state index is -1.70. The first kappa shape index (κ1) is 35.8. The Hall–Kier alpha value is -2.16. The molecule has 0 unspecified atom stereocenters. The van der Waals surface area contributed by atoms with Crippen molar-refractivity contribution in [3.63, 3.8) is 0 Å². The first-order valence-corrected chi connectivity index (χ1v) is 9.89. The van der Waals surface area contributed by atoms with Gasteiger partial charge in [0, 0.05) is 11.4 Å². The van der Waals surface area contributed by atoms with E-state index >= 15 is 0 Å². The number of hydrogen-bond donors (Lipinski definition) is 0. The normalized spacial score (nSPS) is 9.05. The van der Waals surface area contributed by atoms with Gasteiger partial charge >= 0.3 is 133 Å². The van der Waals surface area contributed by atoms with Crippen molar-refractivity contribution in [2.24, 2.45) is 0 Å². The zero-order valence-corrected chi connectivity index (χ0v) is 19.0. The van der Waals surface area contributed by atoms with Crippen LogP contribution in [0.4, 0.5) is 25.8 Å². The van der Waals surface area contributed by atoms with Crippen LogP contribution in [0.15, 0.2) is 48.5 Å². The fraction of sp³-hybridized carbons (Fsp3) is 0.174. The summed E-state index contributed by atoms with van der Waals surface area (Å²) in [5.41, 5.74) is 0.933. The Labute approximate surface area is 302 Å². The maximum atomic E-state index is 12.2. The number of carbonyl (C=O) groups excluding carboxylic acids is 5. The van der Waals surface area contributed by atoms with Crippen LogP contribution in [0.1, 0.15) is 11.1 Å². The van der Waals surface area contributed by atoms with Gasteiger partial charge in [-0.05, 0) is 48.5 Å². The van der Waals surface area contributed by atoms with E-state index in [9.17, 15) is 24.0 Å². The van der Waals surface area contributed by atoms with Gasteiger partial charge in [0.05, 0.1) is 37.5 Å². The standard InChI is InChI=1S/C23H18N4O9.2K.2H/c1-33-21(30)26(17-7-3-15(11-24)4-8-17)13-19(28)35-23(32)36-20(29)14-27(22(31)34-2)18-9-5-16(12-25)6-10-18;;;;/h3-10H,13-14H2,1-2H3;;;;. The molecule has 0 aliphatic rings. The summed E-state index contributed by atoms with van der Waals surface area (Å²) in [5.74, 6) is -2.53. The number of methoxy groups -OCH3 is 2. The van der Waals surface area contributed by atoms with Crippen molar-refractivity contribution >= 4 is 144 Å². The zero-order valence-electron chi connectivity index (χ0n) is 19.0. The van der Waals surface area contributed by atoms with Crippen LogP contribution in [0.25, 0.3) is 0 Å². The van der Waals surface area contributed by atoms with Crippen molar-refractivity contribution in [3.8, 4) is 12.1 Å². The van der Waals surface area contributed by atoms with Crippen LogP contribution < -0.4 is 9.80 Å². The average Bonchev–Trinajstić information content (AvgIpc) is 2.89. The molecule has 0 heterocycles. The summed E-state index contributed by atoms with van der Waals surface area (Å²) in [6, 6.07) is 14.8. The van der Waals surface area contributed by atoms with E-state index in [-0.39, 0.29) is 114 Å². The van der Waals surface area contributed by atoms with Crippen molar-refractivity contribution in [2.75, 3.05) is 37.1 Å². The van der Waals surface area contributed by atoms with Crippen LogP contribution in [-0.4, -0.2) is 160 Å². The second-order valence-electron chi connectivity index (χ2n) is 6.63. The summed E-state index contributed by atoms with van der Waals surface area (Å²) < 4.78 is 18.1. The van der Waals surface area contributed by atoms with Crippen molar-refractivity contribution in [1.29, 1.82) is 10.5 Å². The van der Waals surface area contributed by atoms with E-state index in [0.717, 1.165) is 24.0 Å². The second kappa shape index (κ2) is 18.2. The number of ether oxygens (including phenoxy) is 4. The minimum absolute atomic E-state index is 0. The molecule has 15 heteroatoms. The van der Waals surface area contributed by atoms with Crippen LogP contribution in [0.2, 0.25) is 0 Å². The predicted molar refractivity (Wildman–Crippen MR) is 134 cm³/mol. The third-order valence-corrected chi connectivity index (χ3v) is 4.37. The molecule has 2 amide bonds. The molecule has 0 aliphatic carbocycles. The molecule has 0 radical (unpaired) electrons. The molecule has 0 spiro atoms. The molecular formula is C23H20K2N4O9. The van der Waals surface area contributed by atoms with Gasteiger partial charge < -0.3 is 18.9 Å². The van der Waals surface area contributed by atoms with Crippen LogP contribution >= 0.6 is 0 Å². The van der Waals surface area contributed by atoms with Gasteiger partial charge in [-0.15, -0.1) is 0 Å². The van der Waals surface area contributed by atoms with Crippen LogP contribution in [0.3, 0.4) is 0 Å². The molecule has 0 aliphatic heterocycles. The van der Waals surface area contributed by atoms with Gasteiger partial charge in [0.1, 0.15) is 13.1 Å². The fourth-order valence-electron chi connectivity index (χ4n) is 2.70. The number of benzene rings is 2. The number of hydrogen-bond acceptors (Lipinski definition) is 11. The number of nitriles is 2. The van der Waals surface area contributed by atoms with Gasteiger partial charge in [0.15, 0.2) is 0 Å². The molecule has 38 heavy (non-hydrogen) atoms. The molecule has 0 saturated heterocycles. The quantitative estimate of drug-likeness (QED) is 0.209. The van der Waals surface area contributed by atoms with E-state index in [4.69, 9.17) is 10.5 Å². The molecule has 0 fully saturated rings. The van der Waals surface area contributed by atoms with Crippen molar-refractivity contribution in [1.82, 2.24) is 0 Å². The van der Waals surface area contributed by atoms with Crippen molar-refractivity contribution in [2.45, 2.75) is 0 Å². The van der Waals surface area contributed by atoms with Crippen LogP contribution in [-0.2, 0) is 28.5 Å². The molecule has 2 rings (SSSR count). The Morgan fingerprint density at radius 3 is 1.24 bits per heavy atom. The molecule has 2 aromatic carbocycles. The first-order valence-electron chi connectivity index (χ1n) is 9.89. The summed E-state index contributed by atoms with van der Waals surface area (Å²) in [7, 11) is 2.14. The molecular weight excluding hydrogens is 554 g/mol. The summed E-state index contributed by atoms with van der Waals surface area (Å²) >= 11 is 0. The number of esters is 2. The summed E-state index contributed by atoms with van der Waals surface area (Å²) in [4.78, 5) is 62.0. The van der Waals surface area contributed by atoms with E-state index in [1.165, 1.54) is 48.5 Å². The molecule has 0 N–H and O–H groups in total. The van der Waals surface area contributed by atoms with Gasteiger partial charge in [0.2, 0.25) is 0 Å². The van der Waals surface area contributed by atoms with E-state index in [1.807, 2.05) is 12.1 Å².